The molecule has 102 valence electrons. The van der Waals surface area contributed by atoms with Gasteiger partial charge in [-0.1, -0.05) is 13.3 Å². The maximum Gasteiger partial charge on any atom is 0.254 e. The van der Waals surface area contributed by atoms with Crippen LogP contribution in [0.5, 0.6) is 0 Å². The molecule has 0 aliphatic carbocycles. The van der Waals surface area contributed by atoms with E-state index in [9.17, 15) is 9.90 Å². The Morgan fingerprint density at radius 1 is 1.61 bits per heavy atom. The minimum Gasteiger partial charge on any atom is -0.389 e. The van der Waals surface area contributed by atoms with Crippen molar-refractivity contribution in [2.45, 2.75) is 58.7 Å². The number of hydrogen-bond donors (Lipinski definition) is 2. The Hall–Kier alpha value is -1.36. The van der Waals surface area contributed by atoms with Gasteiger partial charge in [0, 0.05) is 12.2 Å². The maximum absolute atomic E-state index is 11.9. The van der Waals surface area contributed by atoms with E-state index in [4.69, 9.17) is 0 Å². The molecule has 5 heteroatoms. The minimum absolute atomic E-state index is 0.113. The predicted molar refractivity (Wildman–Crippen MR) is 70.4 cm³/mol. The molecule has 1 heterocycles. The number of hydrogen-bond acceptors (Lipinski definition) is 3. The summed E-state index contributed by atoms with van der Waals surface area (Å²) in [7, 11) is 0. The molecule has 0 bridgehead atoms. The Kier molecular flexibility index (Phi) is 4.90. The van der Waals surface area contributed by atoms with Crippen molar-refractivity contribution in [3.8, 4) is 0 Å². The molecule has 0 aliphatic heterocycles. The van der Waals surface area contributed by atoms with Gasteiger partial charge in [-0.25, -0.2) is 0 Å². The molecule has 0 aliphatic rings. The van der Waals surface area contributed by atoms with E-state index in [2.05, 4.69) is 17.3 Å². The summed E-state index contributed by atoms with van der Waals surface area (Å²) in [4.78, 5) is 11.9. The van der Waals surface area contributed by atoms with Crippen molar-refractivity contribution in [1.82, 2.24) is 15.1 Å². The highest BCUT2D eigenvalue weighted by atomic mass is 16.3. The summed E-state index contributed by atoms with van der Waals surface area (Å²) in [6.07, 6.45) is 5.19. The van der Waals surface area contributed by atoms with E-state index in [1.54, 1.807) is 24.7 Å². The number of aliphatic hydroxyl groups is 1. The Morgan fingerprint density at radius 2 is 2.28 bits per heavy atom. The summed E-state index contributed by atoms with van der Waals surface area (Å²) in [6, 6.07) is 0.167. The molecule has 1 aromatic rings. The van der Waals surface area contributed by atoms with Crippen molar-refractivity contribution in [1.29, 1.82) is 0 Å². The summed E-state index contributed by atoms with van der Waals surface area (Å²) < 4.78 is 1.58. The van der Waals surface area contributed by atoms with E-state index in [1.165, 1.54) is 6.20 Å². The van der Waals surface area contributed by atoms with Crippen LogP contribution >= 0.6 is 0 Å². The predicted octanol–water partition coefficient (Wildman–Crippen LogP) is 1.57. The topological polar surface area (TPSA) is 67.2 Å². The van der Waals surface area contributed by atoms with E-state index >= 15 is 0 Å². The van der Waals surface area contributed by atoms with Gasteiger partial charge in [0.1, 0.15) is 0 Å². The van der Waals surface area contributed by atoms with Gasteiger partial charge in [-0.2, -0.15) is 5.10 Å². The van der Waals surface area contributed by atoms with Gasteiger partial charge in [-0.3, -0.25) is 9.48 Å². The second kappa shape index (κ2) is 6.00. The lowest BCUT2D eigenvalue weighted by atomic mass is 10.1. The fourth-order valence-corrected chi connectivity index (χ4v) is 1.78. The minimum atomic E-state index is -0.838. The van der Waals surface area contributed by atoms with Crippen LogP contribution in [0.25, 0.3) is 0 Å². The van der Waals surface area contributed by atoms with Crippen molar-refractivity contribution in [3.05, 3.63) is 18.0 Å². The quantitative estimate of drug-likeness (QED) is 0.808. The van der Waals surface area contributed by atoms with Crippen LogP contribution < -0.4 is 5.32 Å². The lowest BCUT2D eigenvalue weighted by molar-refractivity contribution is 0.0576. The maximum atomic E-state index is 11.9. The molecule has 1 aromatic heterocycles. The highest BCUT2D eigenvalue weighted by molar-refractivity contribution is 5.93. The zero-order valence-corrected chi connectivity index (χ0v) is 11.6. The molecule has 0 fully saturated rings. The van der Waals surface area contributed by atoms with Gasteiger partial charge in [-0.15, -0.1) is 0 Å². The monoisotopic (exact) mass is 253 g/mol. The first-order valence-corrected chi connectivity index (χ1v) is 6.37. The molecule has 0 saturated heterocycles. The number of amides is 1. The summed E-state index contributed by atoms with van der Waals surface area (Å²) >= 11 is 0. The van der Waals surface area contributed by atoms with Gasteiger partial charge >= 0.3 is 0 Å². The standard InChI is InChI=1S/C13H23N3O2/c1-5-6-10(2)15-12(17)11-7-14-16(8-11)9-13(3,4)18/h7-8,10,18H,5-6,9H2,1-4H3,(H,15,17). The molecule has 1 atom stereocenters. The Labute approximate surface area is 108 Å². The third kappa shape index (κ3) is 4.87. The third-order valence-corrected chi connectivity index (χ3v) is 2.54. The van der Waals surface area contributed by atoms with E-state index in [0.29, 0.717) is 12.1 Å². The van der Waals surface area contributed by atoms with Gasteiger partial charge in [0.2, 0.25) is 0 Å². The van der Waals surface area contributed by atoms with Gasteiger partial charge in [0.15, 0.2) is 0 Å². The van der Waals surface area contributed by atoms with Gasteiger partial charge in [-0.05, 0) is 27.2 Å². The third-order valence-electron chi connectivity index (χ3n) is 2.54. The first-order chi connectivity index (χ1) is 8.31. The first kappa shape index (κ1) is 14.7. The van der Waals surface area contributed by atoms with Crippen LogP contribution in [-0.4, -0.2) is 32.4 Å². The summed E-state index contributed by atoms with van der Waals surface area (Å²) in [6.45, 7) is 7.85. The molecule has 2 N–H and O–H groups in total. The summed E-state index contributed by atoms with van der Waals surface area (Å²) in [5.74, 6) is -0.113. The molecule has 0 saturated carbocycles. The average Bonchev–Trinajstić information content (AvgIpc) is 2.63. The molecule has 1 rings (SSSR count). The van der Waals surface area contributed by atoms with Crippen LogP contribution in [0, 0.1) is 0 Å². The van der Waals surface area contributed by atoms with Crippen molar-refractivity contribution < 1.29 is 9.90 Å². The van der Waals surface area contributed by atoms with Crippen molar-refractivity contribution >= 4 is 5.91 Å². The van der Waals surface area contributed by atoms with Gasteiger partial charge in [0.25, 0.3) is 5.91 Å². The van der Waals surface area contributed by atoms with Crippen molar-refractivity contribution in [2.75, 3.05) is 0 Å². The number of carbonyl (C=O) groups is 1. The van der Waals surface area contributed by atoms with E-state index in [1.807, 2.05) is 6.92 Å². The van der Waals surface area contributed by atoms with Gasteiger partial charge < -0.3 is 10.4 Å². The second-order valence-electron chi connectivity index (χ2n) is 5.40. The largest absolute Gasteiger partial charge is 0.389 e. The van der Waals surface area contributed by atoms with Crippen LogP contribution in [0.3, 0.4) is 0 Å². The lowest BCUT2D eigenvalue weighted by Gasteiger charge is -2.16. The lowest BCUT2D eigenvalue weighted by Crippen LogP contribution is -2.32. The Bertz CT molecular complexity index is 393. The smallest absolute Gasteiger partial charge is 0.254 e. The van der Waals surface area contributed by atoms with Crippen LogP contribution in [-0.2, 0) is 6.54 Å². The molecular weight excluding hydrogens is 230 g/mol. The van der Waals surface area contributed by atoms with E-state index in [-0.39, 0.29) is 11.9 Å². The number of rotatable bonds is 6. The molecular formula is C13H23N3O2. The highest BCUT2D eigenvalue weighted by Crippen LogP contribution is 2.07. The normalized spacial score (nSPS) is 13.4. The fourth-order valence-electron chi connectivity index (χ4n) is 1.78. The molecule has 1 unspecified atom stereocenters. The highest BCUT2D eigenvalue weighted by Gasteiger charge is 2.16. The number of carbonyl (C=O) groups excluding carboxylic acids is 1. The Morgan fingerprint density at radius 3 is 2.83 bits per heavy atom. The molecule has 0 radical (unpaired) electrons. The molecule has 0 aromatic carbocycles. The zero-order chi connectivity index (χ0) is 13.8. The van der Waals surface area contributed by atoms with Crippen LogP contribution in [0.4, 0.5) is 0 Å². The van der Waals surface area contributed by atoms with Crippen LogP contribution in [0.15, 0.2) is 12.4 Å². The van der Waals surface area contributed by atoms with E-state index in [0.717, 1.165) is 12.8 Å². The fraction of sp³-hybridized carbons (Fsp3) is 0.692. The zero-order valence-electron chi connectivity index (χ0n) is 11.6. The van der Waals surface area contributed by atoms with Crippen LogP contribution in [0.1, 0.15) is 50.9 Å². The number of aromatic nitrogens is 2. The van der Waals surface area contributed by atoms with Crippen molar-refractivity contribution in [2.24, 2.45) is 0 Å². The Balaban J connectivity index is 2.60. The summed E-state index contributed by atoms with van der Waals surface area (Å²) in [5.41, 5.74) is -0.308. The van der Waals surface area contributed by atoms with E-state index < -0.39 is 5.60 Å². The van der Waals surface area contributed by atoms with Gasteiger partial charge in [0.05, 0.1) is 23.9 Å². The molecule has 5 nitrogen and oxygen atoms in total. The molecule has 1 amide bonds. The second-order valence-corrected chi connectivity index (χ2v) is 5.40. The van der Waals surface area contributed by atoms with Crippen LogP contribution in [0.2, 0.25) is 0 Å². The molecule has 18 heavy (non-hydrogen) atoms. The number of nitrogens with zero attached hydrogens (tertiary/aromatic N) is 2. The molecule has 0 spiro atoms. The average molecular weight is 253 g/mol. The summed E-state index contributed by atoms with van der Waals surface area (Å²) in [5, 5.41) is 16.7. The first-order valence-electron chi connectivity index (χ1n) is 6.37. The van der Waals surface area contributed by atoms with Crippen molar-refractivity contribution in [3.63, 3.8) is 0 Å². The SMILES string of the molecule is CCCC(C)NC(=O)c1cnn(CC(C)(C)O)c1. The number of nitrogens with one attached hydrogen (secondary N) is 1.